The van der Waals surface area contributed by atoms with E-state index < -0.39 is 11.9 Å². The Labute approximate surface area is 209 Å². The van der Waals surface area contributed by atoms with E-state index >= 15 is 0 Å². The van der Waals surface area contributed by atoms with Gasteiger partial charge in [0.1, 0.15) is 0 Å². The molecule has 0 radical (unpaired) electrons. The molecule has 0 saturated heterocycles. The van der Waals surface area contributed by atoms with E-state index in [0.717, 1.165) is 42.5 Å². The van der Waals surface area contributed by atoms with Gasteiger partial charge in [0.05, 0.1) is 5.75 Å². The number of hydrogen-bond donors (Lipinski definition) is 3. The van der Waals surface area contributed by atoms with Crippen LogP contribution in [0, 0.1) is 5.92 Å². The van der Waals surface area contributed by atoms with Crippen molar-refractivity contribution in [2.45, 2.75) is 56.8 Å². The number of carbonyl (C=O) groups is 3. The summed E-state index contributed by atoms with van der Waals surface area (Å²) in [5.41, 5.74) is 0.990. The Hall–Kier alpha value is -2.99. The summed E-state index contributed by atoms with van der Waals surface area (Å²) in [5.74, 6) is -1.81. The third-order valence-electron chi connectivity index (χ3n) is 5.62. The number of pyridine rings is 1. The van der Waals surface area contributed by atoms with Gasteiger partial charge in [-0.1, -0.05) is 31.5 Å². The largest absolute Gasteiger partial charge is 0.473 e. The maximum Gasteiger partial charge on any atom is 0.414 e. The first-order valence-corrected chi connectivity index (χ1v) is 12.5. The highest BCUT2D eigenvalue weighted by atomic mass is 32.2. The molecule has 3 N–H and O–H groups in total. The van der Waals surface area contributed by atoms with Crippen LogP contribution in [0.2, 0.25) is 0 Å². The van der Waals surface area contributed by atoms with Gasteiger partial charge in [0.2, 0.25) is 5.91 Å². The molecular formula is C23H34N6O5S. The number of rotatable bonds is 9. The molecule has 12 heteroatoms. The summed E-state index contributed by atoms with van der Waals surface area (Å²) in [5, 5.41) is 27.6. The number of aliphatic carboxylic acids is 2. The zero-order valence-corrected chi connectivity index (χ0v) is 21.2. The molecule has 11 nitrogen and oxygen atoms in total. The predicted octanol–water partition coefficient (Wildman–Crippen LogP) is 2.23. The van der Waals surface area contributed by atoms with E-state index in [1.165, 1.54) is 31.0 Å². The maximum absolute atomic E-state index is 12.5. The minimum absolute atomic E-state index is 0.0852. The van der Waals surface area contributed by atoms with E-state index in [9.17, 15) is 4.79 Å². The molecule has 1 fully saturated rings. The van der Waals surface area contributed by atoms with Crippen LogP contribution in [0.4, 0.5) is 0 Å². The van der Waals surface area contributed by atoms with Crippen LogP contribution in [-0.4, -0.2) is 85.1 Å². The Balaban J connectivity index is 0.000000641. The van der Waals surface area contributed by atoms with Crippen molar-refractivity contribution in [2.24, 2.45) is 5.92 Å². The van der Waals surface area contributed by atoms with Gasteiger partial charge in [0.25, 0.3) is 0 Å². The smallest absolute Gasteiger partial charge is 0.414 e. The maximum atomic E-state index is 12.5. The minimum atomic E-state index is -1.82. The van der Waals surface area contributed by atoms with Crippen LogP contribution in [0.1, 0.15) is 39.0 Å². The van der Waals surface area contributed by atoms with Crippen molar-refractivity contribution in [3.8, 4) is 11.4 Å². The molecule has 2 aromatic heterocycles. The zero-order chi connectivity index (χ0) is 25.8. The fourth-order valence-electron chi connectivity index (χ4n) is 3.77. The number of hydrogen-bond acceptors (Lipinski definition) is 8. The molecule has 3 rings (SSSR count). The molecule has 0 spiro atoms. The fraction of sp³-hybridized carbons (Fsp3) is 0.565. The summed E-state index contributed by atoms with van der Waals surface area (Å²) in [4.78, 5) is 37.0. The average Bonchev–Trinajstić information content (AvgIpc) is 3.22. The quantitative estimate of drug-likeness (QED) is 0.341. The Morgan fingerprint density at radius 2 is 1.77 bits per heavy atom. The first-order valence-electron chi connectivity index (χ1n) is 11.6. The molecule has 2 heterocycles. The Morgan fingerprint density at radius 3 is 2.37 bits per heavy atom. The second-order valence-corrected chi connectivity index (χ2v) is 9.63. The van der Waals surface area contributed by atoms with Crippen molar-refractivity contribution in [3.05, 3.63) is 24.5 Å². The van der Waals surface area contributed by atoms with E-state index in [2.05, 4.69) is 51.0 Å². The van der Waals surface area contributed by atoms with Crippen LogP contribution < -0.4 is 5.32 Å². The molecule has 2 aromatic rings. The van der Waals surface area contributed by atoms with Crippen LogP contribution in [-0.2, 0) is 20.9 Å². The third-order valence-corrected chi connectivity index (χ3v) is 6.58. The number of carbonyl (C=O) groups excluding carboxylic acids is 1. The molecular weight excluding hydrogens is 472 g/mol. The number of carboxylic acids is 2. The van der Waals surface area contributed by atoms with E-state index in [1.54, 1.807) is 12.4 Å². The van der Waals surface area contributed by atoms with Crippen molar-refractivity contribution < 1.29 is 24.6 Å². The molecule has 1 saturated carbocycles. The van der Waals surface area contributed by atoms with Gasteiger partial charge < -0.3 is 25.0 Å². The number of thioether (sulfide) groups is 1. The first-order chi connectivity index (χ1) is 16.7. The molecule has 0 aromatic carbocycles. The van der Waals surface area contributed by atoms with Gasteiger partial charge in [0, 0.05) is 30.5 Å². The summed E-state index contributed by atoms with van der Waals surface area (Å²) in [6.45, 7) is 4.03. The summed E-state index contributed by atoms with van der Waals surface area (Å²) in [6, 6.07) is 4.19. The Kier molecular flexibility index (Phi) is 11.6. The van der Waals surface area contributed by atoms with Gasteiger partial charge in [-0.05, 0) is 58.0 Å². The van der Waals surface area contributed by atoms with E-state index in [1.807, 2.05) is 12.1 Å². The molecule has 1 amide bonds. The van der Waals surface area contributed by atoms with Crippen molar-refractivity contribution in [1.29, 1.82) is 0 Å². The monoisotopic (exact) mass is 506 g/mol. The lowest BCUT2D eigenvalue weighted by Crippen LogP contribution is -2.41. The standard InChI is InChI=1S/C21H32N6OS.C2H2O4/c1-16-7-4-5-8-18(16)23-19(28)15-29-21-25-24-20(17-9-11-22-12-10-17)27(21)14-6-13-26(2)3;3-1(4)2(5)6/h9-12,16,18H,4-8,13-15H2,1-3H3,(H,23,28);(H,3,4)(H,5,6). The molecule has 192 valence electrons. The molecule has 0 aliphatic heterocycles. The number of aromatic nitrogens is 4. The predicted molar refractivity (Wildman–Crippen MR) is 132 cm³/mol. The second-order valence-electron chi connectivity index (χ2n) is 8.69. The lowest BCUT2D eigenvalue weighted by molar-refractivity contribution is -0.159. The molecule has 1 aliphatic carbocycles. The van der Waals surface area contributed by atoms with Gasteiger partial charge >= 0.3 is 11.9 Å². The average molecular weight is 507 g/mol. The number of nitrogens with one attached hydrogen (secondary N) is 1. The summed E-state index contributed by atoms with van der Waals surface area (Å²) >= 11 is 1.47. The first kappa shape index (κ1) is 28.2. The highest BCUT2D eigenvalue weighted by Gasteiger charge is 2.23. The summed E-state index contributed by atoms with van der Waals surface area (Å²) < 4.78 is 2.13. The molecule has 35 heavy (non-hydrogen) atoms. The van der Waals surface area contributed by atoms with Crippen LogP contribution in [0.3, 0.4) is 0 Å². The van der Waals surface area contributed by atoms with Gasteiger partial charge in [0.15, 0.2) is 11.0 Å². The number of carboxylic acid groups (broad SMARTS) is 2. The van der Waals surface area contributed by atoms with Crippen molar-refractivity contribution in [1.82, 2.24) is 30.0 Å². The lowest BCUT2D eigenvalue weighted by atomic mass is 9.86. The highest BCUT2D eigenvalue weighted by Crippen LogP contribution is 2.26. The Morgan fingerprint density at radius 1 is 1.11 bits per heavy atom. The second kappa shape index (κ2) is 14.4. The fourth-order valence-corrected chi connectivity index (χ4v) is 4.54. The molecule has 2 unspecified atom stereocenters. The molecule has 2 atom stereocenters. The normalized spacial score (nSPS) is 17.4. The van der Waals surface area contributed by atoms with Gasteiger partial charge in [-0.3, -0.25) is 9.78 Å². The SMILES string of the molecule is CC1CCCCC1NC(=O)CSc1nnc(-c2ccncc2)n1CCCN(C)C.O=C(O)C(=O)O. The van der Waals surface area contributed by atoms with E-state index in [0.29, 0.717) is 17.7 Å². The third kappa shape index (κ3) is 9.65. The lowest BCUT2D eigenvalue weighted by Gasteiger charge is -2.29. The van der Waals surface area contributed by atoms with Crippen molar-refractivity contribution >= 4 is 29.6 Å². The van der Waals surface area contributed by atoms with Gasteiger partial charge in [-0.2, -0.15) is 0 Å². The molecule has 1 aliphatic rings. The van der Waals surface area contributed by atoms with E-state index in [4.69, 9.17) is 19.8 Å². The van der Waals surface area contributed by atoms with Gasteiger partial charge in [-0.15, -0.1) is 10.2 Å². The van der Waals surface area contributed by atoms with E-state index in [-0.39, 0.29) is 5.91 Å². The van der Waals surface area contributed by atoms with Crippen molar-refractivity contribution in [3.63, 3.8) is 0 Å². The van der Waals surface area contributed by atoms with Crippen LogP contribution in [0.5, 0.6) is 0 Å². The van der Waals surface area contributed by atoms with Crippen LogP contribution in [0.15, 0.2) is 29.7 Å². The highest BCUT2D eigenvalue weighted by molar-refractivity contribution is 7.99. The van der Waals surface area contributed by atoms with Crippen molar-refractivity contribution in [2.75, 3.05) is 26.4 Å². The minimum Gasteiger partial charge on any atom is -0.473 e. The number of nitrogens with zero attached hydrogens (tertiary/aromatic N) is 5. The summed E-state index contributed by atoms with van der Waals surface area (Å²) in [7, 11) is 4.14. The van der Waals surface area contributed by atoms with Crippen LogP contribution >= 0.6 is 11.8 Å². The topological polar surface area (TPSA) is 151 Å². The van der Waals surface area contributed by atoms with Gasteiger partial charge in [-0.25, -0.2) is 9.59 Å². The Bertz CT molecular complexity index is 957. The van der Waals surface area contributed by atoms with Crippen LogP contribution in [0.25, 0.3) is 11.4 Å². The molecule has 0 bridgehead atoms. The number of amides is 1. The zero-order valence-electron chi connectivity index (χ0n) is 20.4. The summed E-state index contributed by atoms with van der Waals surface area (Å²) in [6.07, 6.45) is 9.29.